The molecule has 0 bridgehead atoms. The monoisotopic (exact) mass is 344 g/mol. The van der Waals surface area contributed by atoms with Gasteiger partial charge in [-0.1, -0.05) is 60.7 Å². The summed E-state index contributed by atoms with van der Waals surface area (Å²) >= 11 is 0. The van der Waals surface area contributed by atoms with Gasteiger partial charge in [0.05, 0.1) is 5.75 Å². The van der Waals surface area contributed by atoms with Crippen LogP contribution in [0.5, 0.6) is 0 Å². The molecule has 0 aliphatic heterocycles. The molecule has 0 aliphatic rings. The second-order valence-corrected chi connectivity index (χ2v) is 9.61. The number of hydrogen-bond acceptors (Lipinski definition) is 4. The average molecular weight is 345 g/mol. The highest BCUT2D eigenvalue weighted by atomic mass is 35.7. The third-order valence-electron chi connectivity index (χ3n) is 2.86. The molecule has 2 aromatic carbocycles. The van der Waals surface area contributed by atoms with Crippen LogP contribution in [0.1, 0.15) is 15.7 Å². The highest BCUT2D eigenvalue weighted by molar-refractivity contribution is 8.21. The Labute approximate surface area is 128 Å². The van der Waals surface area contributed by atoms with Crippen LogP contribution in [0.3, 0.4) is 0 Å². The van der Waals surface area contributed by atoms with E-state index in [0.717, 1.165) is 0 Å². The van der Waals surface area contributed by atoms with Crippen LogP contribution in [0, 0.1) is 0 Å². The quantitative estimate of drug-likeness (QED) is 0.782. The summed E-state index contributed by atoms with van der Waals surface area (Å²) in [5.74, 6) is -0.390. The second-order valence-electron chi connectivity index (χ2n) is 4.51. The third-order valence-corrected chi connectivity index (χ3v) is 7.80. The summed E-state index contributed by atoms with van der Waals surface area (Å²) in [6.45, 7) is 0. The van der Waals surface area contributed by atoms with Crippen LogP contribution < -0.4 is 0 Å². The van der Waals surface area contributed by atoms with Gasteiger partial charge in [-0.05, 0) is 11.1 Å². The predicted octanol–water partition coefficient (Wildman–Crippen LogP) is 2.87. The maximum absolute atomic E-state index is 12.5. The van der Waals surface area contributed by atoms with Crippen molar-refractivity contribution in [3.05, 3.63) is 71.8 Å². The summed E-state index contributed by atoms with van der Waals surface area (Å²) in [7, 11) is -2.94. The molecule has 2 aromatic rings. The standard InChI is InChI=1S/C14H13ClO4S2/c15-21(18,19)14(13-9-5-2-6-10-13)20(16,17)11-12-7-3-1-4-8-12/h1-10,14H,11H2. The summed E-state index contributed by atoms with van der Waals surface area (Å²) in [6.07, 6.45) is 0. The molecular weight excluding hydrogens is 332 g/mol. The first-order valence-corrected chi connectivity index (χ1v) is 10.1. The lowest BCUT2D eigenvalue weighted by Gasteiger charge is -2.15. The molecular formula is C14H13ClO4S2. The Balaban J connectivity index is 2.47. The second kappa shape index (κ2) is 6.17. The van der Waals surface area contributed by atoms with Crippen LogP contribution in [-0.4, -0.2) is 16.8 Å². The Morgan fingerprint density at radius 1 is 0.810 bits per heavy atom. The molecule has 0 N–H and O–H groups in total. The number of benzene rings is 2. The molecule has 0 aromatic heterocycles. The fraction of sp³-hybridized carbons (Fsp3) is 0.143. The van der Waals surface area contributed by atoms with Gasteiger partial charge < -0.3 is 0 Å². The summed E-state index contributed by atoms with van der Waals surface area (Å²) in [6, 6.07) is 16.1. The molecule has 0 saturated heterocycles. The summed E-state index contributed by atoms with van der Waals surface area (Å²) in [4.78, 5) is 0. The number of sulfone groups is 1. The molecule has 0 spiro atoms. The molecule has 0 saturated carbocycles. The highest BCUT2D eigenvalue weighted by Gasteiger charge is 2.37. The van der Waals surface area contributed by atoms with Gasteiger partial charge in [-0.2, -0.15) is 0 Å². The number of halogens is 1. The lowest BCUT2D eigenvalue weighted by molar-refractivity contribution is 0.582. The van der Waals surface area contributed by atoms with Crippen molar-refractivity contribution in [1.29, 1.82) is 0 Å². The molecule has 1 unspecified atom stereocenters. The van der Waals surface area contributed by atoms with Crippen molar-refractivity contribution >= 4 is 29.6 Å². The zero-order valence-corrected chi connectivity index (χ0v) is 13.3. The van der Waals surface area contributed by atoms with E-state index in [0.29, 0.717) is 5.56 Å². The lowest BCUT2D eigenvalue weighted by atomic mass is 10.2. The minimum atomic E-state index is -4.31. The van der Waals surface area contributed by atoms with E-state index in [2.05, 4.69) is 0 Å². The van der Waals surface area contributed by atoms with Gasteiger partial charge in [0.15, 0.2) is 9.84 Å². The Hall–Kier alpha value is -1.37. The van der Waals surface area contributed by atoms with Gasteiger partial charge in [-0.15, -0.1) is 0 Å². The van der Waals surface area contributed by atoms with Crippen molar-refractivity contribution in [2.75, 3.05) is 0 Å². The fourth-order valence-electron chi connectivity index (χ4n) is 2.04. The summed E-state index contributed by atoms with van der Waals surface area (Å²) in [5.41, 5.74) is 0.655. The molecule has 2 rings (SSSR count). The first-order valence-electron chi connectivity index (χ1n) is 6.04. The Morgan fingerprint density at radius 2 is 1.29 bits per heavy atom. The van der Waals surface area contributed by atoms with Crippen LogP contribution in [0.15, 0.2) is 60.7 Å². The number of hydrogen-bond donors (Lipinski definition) is 0. The maximum Gasteiger partial charge on any atom is 0.254 e. The van der Waals surface area contributed by atoms with E-state index in [1.807, 2.05) is 0 Å². The SMILES string of the molecule is O=S(=O)(Cl)C(c1ccccc1)S(=O)(=O)Cc1ccccc1. The Kier molecular flexibility index (Phi) is 4.70. The molecule has 0 aliphatic carbocycles. The van der Waals surface area contributed by atoms with Crippen molar-refractivity contribution in [2.45, 2.75) is 10.3 Å². The molecule has 21 heavy (non-hydrogen) atoms. The van der Waals surface area contributed by atoms with Crippen molar-refractivity contribution in [1.82, 2.24) is 0 Å². The zero-order valence-electron chi connectivity index (χ0n) is 10.9. The Morgan fingerprint density at radius 3 is 1.76 bits per heavy atom. The summed E-state index contributed by atoms with van der Waals surface area (Å²) < 4.78 is 46.7. The van der Waals surface area contributed by atoms with Crippen LogP contribution in [0.4, 0.5) is 0 Å². The average Bonchev–Trinajstić information content (AvgIpc) is 2.38. The maximum atomic E-state index is 12.5. The van der Waals surface area contributed by atoms with Gasteiger partial charge in [-0.25, -0.2) is 16.8 Å². The summed E-state index contributed by atoms with van der Waals surface area (Å²) in [5, 5.41) is 0. The largest absolute Gasteiger partial charge is 0.254 e. The first kappa shape index (κ1) is 16.0. The predicted molar refractivity (Wildman–Crippen MR) is 83.0 cm³/mol. The molecule has 4 nitrogen and oxygen atoms in total. The minimum absolute atomic E-state index is 0.142. The third kappa shape index (κ3) is 4.06. The van der Waals surface area contributed by atoms with Gasteiger partial charge >= 0.3 is 0 Å². The molecule has 0 amide bonds. The van der Waals surface area contributed by atoms with E-state index >= 15 is 0 Å². The van der Waals surface area contributed by atoms with Gasteiger partial charge in [0, 0.05) is 10.7 Å². The van der Waals surface area contributed by atoms with Crippen LogP contribution in [0.2, 0.25) is 0 Å². The minimum Gasteiger partial charge on any atom is -0.227 e. The fourth-order valence-corrected chi connectivity index (χ4v) is 6.81. The molecule has 1 atom stereocenters. The van der Waals surface area contributed by atoms with Gasteiger partial charge in [-0.3, -0.25) is 0 Å². The van der Waals surface area contributed by atoms with E-state index in [4.69, 9.17) is 10.7 Å². The molecule has 112 valence electrons. The van der Waals surface area contributed by atoms with E-state index in [1.165, 1.54) is 12.1 Å². The van der Waals surface area contributed by atoms with Crippen LogP contribution in [0.25, 0.3) is 0 Å². The van der Waals surface area contributed by atoms with E-state index < -0.39 is 23.5 Å². The molecule has 0 fully saturated rings. The molecule has 7 heteroatoms. The molecule has 0 radical (unpaired) electrons. The van der Waals surface area contributed by atoms with Crippen LogP contribution in [-0.2, 0) is 24.6 Å². The van der Waals surface area contributed by atoms with Crippen molar-refractivity contribution in [3.8, 4) is 0 Å². The molecule has 0 heterocycles. The topological polar surface area (TPSA) is 68.3 Å². The normalized spacial score (nSPS) is 13.8. The Bertz CT molecular complexity index is 801. The smallest absolute Gasteiger partial charge is 0.227 e. The first-order chi connectivity index (χ1) is 9.81. The van der Waals surface area contributed by atoms with E-state index in [9.17, 15) is 16.8 Å². The lowest BCUT2D eigenvalue weighted by Crippen LogP contribution is -2.20. The van der Waals surface area contributed by atoms with E-state index in [1.54, 1.807) is 48.5 Å². The number of rotatable bonds is 5. The van der Waals surface area contributed by atoms with Crippen molar-refractivity contribution in [3.63, 3.8) is 0 Å². The van der Waals surface area contributed by atoms with Crippen LogP contribution >= 0.6 is 10.7 Å². The van der Waals surface area contributed by atoms with E-state index in [-0.39, 0.29) is 11.3 Å². The highest BCUT2D eigenvalue weighted by Crippen LogP contribution is 2.33. The van der Waals surface area contributed by atoms with Gasteiger partial charge in [0.1, 0.15) is 0 Å². The van der Waals surface area contributed by atoms with Gasteiger partial charge in [0.2, 0.25) is 4.58 Å². The van der Waals surface area contributed by atoms with Gasteiger partial charge in [0.25, 0.3) is 9.05 Å². The zero-order chi connectivity index (χ0) is 15.5. The van der Waals surface area contributed by atoms with Crippen molar-refractivity contribution < 1.29 is 16.8 Å². The van der Waals surface area contributed by atoms with Crippen molar-refractivity contribution in [2.24, 2.45) is 0 Å².